The first-order valence-electron chi connectivity index (χ1n) is 7.83. The first-order chi connectivity index (χ1) is 11.7. The zero-order chi connectivity index (χ0) is 18.6. The van der Waals surface area contributed by atoms with Gasteiger partial charge in [0.1, 0.15) is 5.75 Å². The standard InChI is InChI=1S/C18H22N2O4S/c1-12-5-4-6-16(11-12)24-14(3)18(21)20-13(2)15-7-9-17(10-8-15)25(19,22)23/h4-11,13-14H,1-3H3,(H,20,21)(H2,19,22,23)/t13-,14-/m1/s1. The summed E-state index contributed by atoms with van der Waals surface area (Å²) >= 11 is 0. The second kappa shape index (κ2) is 7.67. The van der Waals surface area contributed by atoms with Crippen LogP contribution in [-0.2, 0) is 14.8 Å². The van der Waals surface area contributed by atoms with Crippen LogP contribution < -0.4 is 15.2 Å². The highest BCUT2D eigenvalue weighted by atomic mass is 32.2. The van der Waals surface area contributed by atoms with Gasteiger partial charge in [-0.15, -0.1) is 0 Å². The number of primary sulfonamides is 1. The molecule has 0 aromatic heterocycles. The molecule has 2 aromatic rings. The summed E-state index contributed by atoms with van der Waals surface area (Å²) in [4.78, 5) is 12.3. The maximum Gasteiger partial charge on any atom is 0.261 e. The number of ether oxygens (including phenoxy) is 1. The maximum atomic E-state index is 12.3. The molecule has 6 nitrogen and oxygen atoms in total. The van der Waals surface area contributed by atoms with Gasteiger partial charge in [0.2, 0.25) is 10.0 Å². The average molecular weight is 362 g/mol. The number of hydrogen-bond donors (Lipinski definition) is 2. The predicted octanol–water partition coefficient (Wildman–Crippen LogP) is 2.29. The molecule has 0 aliphatic rings. The van der Waals surface area contributed by atoms with Gasteiger partial charge in [0, 0.05) is 0 Å². The Balaban J connectivity index is 1.99. The summed E-state index contributed by atoms with van der Waals surface area (Å²) < 4.78 is 28.2. The first kappa shape index (κ1) is 19.0. The second-order valence-corrected chi connectivity index (χ2v) is 7.48. The number of amides is 1. The fraction of sp³-hybridized carbons (Fsp3) is 0.278. The molecule has 2 atom stereocenters. The molecule has 0 unspecified atom stereocenters. The summed E-state index contributed by atoms with van der Waals surface area (Å²) in [6, 6.07) is 13.2. The van der Waals surface area contributed by atoms with Crippen molar-refractivity contribution in [1.29, 1.82) is 0 Å². The van der Waals surface area contributed by atoms with E-state index in [4.69, 9.17) is 9.88 Å². The molecular formula is C18H22N2O4S. The third kappa shape index (κ3) is 5.30. The lowest BCUT2D eigenvalue weighted by Crippen LogP contribution is -2.37. The Bertz CT molecular complexity index is 848. The van der Waals surface area contributed by atoms with E-state index < -0.39 is 16.1 Å². The summed E-state index contributed by atoms with van der Waals surface area (Å²) in [6.45, 7) is 5.43. The Morgan fingerprint density at radius 2 is 1.76 bits per heavy atom. The van der Waals surface area contributed by atoms with E-state index in [1.54, 1.807) is 25.1 Å². The van der Waals surface area contributed by atoms with Crippen molar-refractivity contribution in [1.82, 2.24) is 5.32 Å². The van der Waals surface area contributed by atoms with Crippen molar-refractivity contribution in [2.75, 3.05) is 0 Å². The molecule has 134 valence electrons. The Morgan fingerprint density at radius 3 is 2.32 bits per heavy atom. The minimum Gasteiger partial charge on any atom is -0.481 e. The summed E-state index contributed by atoms with van der Waals surface area (Å²) in [7, 11) is -3.73. The molecule has 2 aromatic carbocycles. The Labute approximate surface area is 148 Å². The Kier molecular flexibility index (Phi) is 5.81. The average Bonchev–Trinajstić information content (AvgIpc) is 2.54. The van der Waals surface area contributed by atoms with Crippen LogP contribution in [0.2, 0.25) is 0 Å². The largest absolute Gasteiger partial charge is 0.481 e. The van der Waals surface area contributed by atoms with Gasteiger partial charge in [0.05, 0.1) is 10.9 Å². The van der Waals surface area contributed by atoms with E-state index in [1.807, 2.05) is 32.0 Å². The number of hydrogen-bond acceptors (Lipinski definition) is 4. The smallest absolute Gasteiger partial charge is 0.261 e. The van der Waals surface area contributed by atoms with E-state index in [0.29, 0.717) is 5.75 Å². The van der Waals surface area contributed by atoms with Crippen molar-refractivity contribution in [3.8, 4) is 5.75 Å². The number of carbonyl (C=O) groups is 1. The first-order valence-corrected chi connectivity index (χ1v) is 9.38. The van der Waals surface area contributed by atoms with Gasteiger partial charge in [-0.1, -0.05) is 24.3 Å². The van der Waals surface area contributed by atoms with E-state index in [1.165, 1.54) is 12.1 Å². The van der Waals surface area contributed by atoms with Crippen molar-refractivity contribution in [2.45, 2.75) is 37.8 Å². The van der Waals surface area contributed by atoms with E-state index in [9.17, 15) is 13.2 Å². The normalized spacial score (nSPS) is 13.8. The van der Waals surface area contributed by atoms with Gasteiger partial charge >= 0.3 is 0 Å². The van der Waals surface area contributed by atoms with Gasteiger partial charge in [-0.25, -0.2) is 13.6 Å². The molecule has 2 rings (SSSR count). The third-order valence-electron chi connectivity index (χ3n) is 3.74. The summed E-state index contributed by atoms with van der Waals surface area (Å²) in [5, 5.41) is 7.92. The predicted molar refractivity (Wildman–Crippen MR) is 95.6 cm³/mol. The molecule has 0 saturated heterocycles. The van der Waals surface area contributed by atoms with Crippen molar-refractivity contribution in [2.24, 2.45) is 5.14 Å². The zero-order valence-electron chi connectivity index (χ0n) is 14.4. The lowest BCUT2D eigenvalue weighted by molar-refractivity contribution is -0.127. The van der Waals surface area contributed by atoms with E-state index in [2.05, 4.69) is 5.32 Å². The summed E-state index contributed by atoms with van der Waals surface area (Å²) in [6.07, 6.45) is -0.659. The molecule has 0 fully saturated rings. The number of benzene rings is 2. The van der Waals surface area contributed by atoms with Crippen LogP contribution in [0.3, 0.4) is 0 Å². The number of aryl methyl sites for hydroxylation is 1. The molecule has 0 heterocycles. The van der Waals surface area contributed by atoms with Crippen LogP contribution in [0.4, 0.5) is 0 Å². The lowest BCUT2D eigenvalue weighted by atomic mass is 10.1. The Hall–Kier alpha value is -2.38. The topological polar surface area (TPSA) is 98.5 Å². The van der Waals surface area contributed by atoms with Crippen LogP contribution in [0.1, 0.15) is 31.0 Å². The van der Waals surface area contributed by atoms with Crippen LogP contribution in [0.5, 0.6) is 5.75 Å². The molecule has 0 aliphatic carbocycles. The van der Waals surface area contributed by atoms with Gasteiger partial charge in [-0.05, 0) is 56.2 Å². The number of nitrogens with two attached hydrogens (primary N) is 1. The molecule has 0 spiro atoms. The van der Waals surface area contributed by atoms with Crippen molar-refractivity contribution >= 4 is 15.9 Å². The molecule has 3 N–H and O–H groups in total. The maximum absolute atomic E-state index is 12.3. The zero-order valence-corrected chi connectivity index (χ0v) is 15.2. The molecule has 0 saturated carbocycles. The van der Waals surface area contributed by atoms with Gasteiger partial charge in [-0.2, -0.15) is 0 Å². The molecule has 0 radical (unpaired) electrons. The molecule has 1 amide bonds. The van der Waals surface area contributed by atoms with E-state index in [-0.39, 0.29) is 16.8 Å². The minimum absolute atomic E-state index is 0.0333. The number of sulfonamides is 1. The van der Waals surface area contributed by atoms with Crippen LogP contribution in [0, 0.1) is 6.92 Å². The summed E-state index contributed by atoms with van der Waals surface area (Å²) in [5.74, 6) is 0.373. The molecule has 0 aliphatic heterocycles. The fourth-order valence-corrected chi connectivity index (χ4v) is 2.82. The number of nitrogens with one attached hydrogen (secondary N) is 1. The number of carbonyl (C=O) groups excluding carboxylic acids is 1. The van der Waals surface area contributed by atoms with Gasteiger partial charge in [0.15, 0.2) is 6.10 Å². The highest BCUT2D eigenvalue weighted by Gasteiger charge is 2.18. The van der Waals surface area contributed by atoms with Crippen molar-refractivity contribution in [3.63, 3.8) is 0 Å². The van der Waals surface area contributed by atoms with Gasteiger partial charge in [0.25, 0.3) is 5.91 Å². The monoisotopic (exact) mass is 362 g/mol. The molecule has 0 bridgehead atoms. The van der Waals surface area contributed by atoms with Crippen LogP contribution in [-0.4, -0.2) is 20.4 Å². The highest BCUT2D eigenvalue weighted by Crippen LogP contribution is 2.17. The lowest BCUT2D eigenvalue weighted by Gasteiger charge is -2.19. The summed E-state index contributed by atoms with van der Waals surface area (Å²) in [5.41, 5.74) is 1.82. The Morgan fingerprint density at radius 1 is 1.12 bits per heavy atom. The van der Waals surface area contributed by atoms with E-state index in [0.717, 1.165) is 11.1 Å². The molecular weight excluding hydrogens is 340 g/mol. The van der Waals surface area contributed by atoms with Crippen molar-refractivity contribution < 1.29 is 17.9 Å². The highest BCUT2D eigenvalue weighted by molar-refractivity contribution is 7.89. The van der Waals surface area contributed by atoms with E-state index >= 15 is 0 Å². The van der Waals surface area contributed by atoms with Crippen LogP contribution in [0.25, 0.3) is 0 Å². The van der Waals surface area contributed by atoms with Crippen LogP contribution in [0.15, 0.2) is 53.4 Å². The van der Waals surface area contributed by atoms with Gasteiger partial charge in [-0.3, -0.25) is 4.79 Å². The quantitative estimate of drug-likeness (QED) is 0.823. The number of rotatable bonds is 6. The van der Waals surface area contributed by atoms with Crippen molar-refractivity contribution in [3.05, 3.63) is 59.7 Å². The third-order valence-corrected chi connectivity index (χ3v) is 4.67. The molecule has 7 heteroatoms. The van der Waals surface area contributed by atoms with Gasteiger partial charge < -0.3 is 10.1 Å². The fourth-order valence-electron chi connectivity index (χ4n) is 2.31. The second-order valence-electron chi connectivity index (χ2n) is 5.92. The van der Waals surface area contributed by atoms with Crippen LogP contribution >= 0.6 is 0 Å². The minimum atomic E-state index is -3.73. The SMILES string of the molecule is Cc1cccc(O[C@H](C)C(=O)N[C@H](C)c2ccc(S(N)(=O)=O)cc2)c1. The molecule has 25 heavy (non-hydrogen) atoms.